The summed E-state index contributed by atoms with van der Waals surface area (Å²) in [5.41, 5.74) is 2.58. The van der Waals surface area contributed by atoms with Gasteiger partial charge in [0.25, 0.3) is 0 Å². The largest absolute Gasteiger partial charge is 0.391 e. The molecule has 2 saturated heterocycles. The molecular weight excluding hydrogens is 264 g/mol. The van der Waals surface area contributed by atoms with Crippen LogP contribution in [0.5, 0.6) is 0 Å². The number of hydrogen-bond acceptors (Lipinski definition) is 4. The van der Waals surface area contributed by atoms with Crippen molar-refractivity contribution < 1.29 is 9.84 Å². The van der Waals surface area contributed by atoms with Gasteiger partial charge in [-0.05, 0) is 26.0 Å². The molecule has 1 aromatic carbocycles. The number of likely N-dealkylation sites (N-methyl/N-ethyl adjacent to an activating group) is 1. The van der Waals surface area contributed by atoms with Crippen LogP contribution in [0, 0.1) is 6.92 Å². The molecule has 2 aliphatic rings. The predicted octanol–water partition coefficient (Wildman–Crippen LogP) is 1.43. The first-order valence-corrected chi connectivity index (χ1v) is 7.93. The summed E-state index contributed by atoms with van der Waals surface area (Å²) in [5.74, 6) is 0. The molecule has 2 heterocycles. The molecule has 0 bridgehead atoms. The zero-order valence-electron chi connectivity index (χ0n) is 13.0. The second-order valence-electron chi connectivity index (χ2n) is 6.33. The SMILES string of the molecule is Cc1ccc(C2C(N3CCOCC3)C(O)CCN2C)cc1. The number of nitrogens with zero attached hydrogens (tertiary/aromatic N) is 2. The van der Waals surface area contributed by atoms with E-state index in [0.717, 1.165) is 39.3 Å². The summed E-state index contributed by atoms with van der Waals surface area (Å²) >= 11 is 0. The molecule has 4 nitrogen and oxygen atoms in total. The highest BCUT2D eigenvalue weighted by Gasteiger charge is 2.40. The first-order chi connectivity index (χ1) is 10.2. The van der Waals surface area contributed by atoms with E-state index in [0.29, 0.717) is 0 Å². The number of piperidine rings is 1. The van der Waals surface area contributed by atoms with Gasteiger partial charge in [0.15, 0.2) is 0 Å². The summed E-state index contributed by atoms with van der Waals surface area (Å²) in [6, 6.07) is 9.17. The lowest BCUT2D eigenvalue weighted by atomic mass is 9.87. The first-order valence-electron chi connectivity index (χ1n) is 7.93. The lowest BCUT2D eigenvalue weighted by Gasteiger charge is -2.48. The van der Waals surface area contributed by atoms with Gasteiger partial charge in [0.1, 0.15) is 0 Å². The van der Waals surface area contributed by atoms with Gasteiger partial charge in [0, 0.05) is 19.6 Å². The van der Waals surface area contributed by atoms with Gasteiger partial charge in [0.05, 0.1) is 31.4 Å². The minimum atomic E-state index is -0.259. The Morgan fingerprint density at radius 2 is 1.76 bits per heavy atom. The Labute approximate surface area is 127 Å². The van der Waals surface area contributed by atoms with E-state index in [2.05, 4.69) is 48.0 Å². The first kappa shape index (κ1) is 15.0. The summed E-state index contributed by atoms with van der Waals surface area (Å²) in [4.78, 5) is 4.80. The van der Waals surface area contributed by atoms with Crippen molar-refractivity contribution in [2.75, 3.05) is 39.9 Å². The van der Waals surface area contributed by atoms with Crippen molar-refractivity contribution in [1.82, 2.24) is 9.80 Å². The maximum atomic E-state index is 10.6. The minimum absolute atomic E-state index is 0.162. The van der Waals surface area contributed by atoms with E-state index < -0.39 is 0 Å². The van der Waals surface area contributed by atoms with Gasteiger partial charge in [-0.1, -0.05) is 29.8 Å². The van der Waals surface area contributed by atoms with Crippen LogP contribution in [0.1, 0.15) is 23.6 Å². The lowest BCUT2D eigenvalue weighted by Crippen LogP contribution is -2.58. The van der Waals surface area contributed by atoms with Crippen LogP contribution < -0.4 is 0 Å². The van der Waals surface area contributed by atoms with Crippen molar-refractivity contribution in [2.45, 2.75) is 31.5 Å². The van der Waals surface area contributed by atoms with Crippen molar-refractivity contribution in [1.29, 1.82) is 0 Å². The van der Waals surface area contributed by atoms with Crippen molar-refractivity contribution in [3.8, 4) is 0 Å². The number of aryl methyl sites for hydroxylation is 1. The van der Waals surface area contributed by atoms with Gasteiger partial charge in [-0.15, -0.1) is 0 Å². The summed E-state index contributed by atoms with van der Waals surface area (Å²) in [6.07, 6.45) is 0.589. The maximum Gasteiger partial charge on any atom is 0.0726 e. The molecule has 0 aliphatic carbocycles. The van der Waals surface area contributed by atoms with Gasteiger partial charge in [-0.2, -0.15) is 0 Å². The van der Waals surface area contributed by atoms with Crippen LogP contribution in [-0.2, 0) is 4.74 Å². The van der Waals surface area contributed by atoms with Crippen LogP contribution in [-0.4, -0.2) is 66.9 Å². The molecule has 21 heavy (non-hydrogen) atoms. The third kappa shape index (κ3) is 3.14. The molecule has 2 fully saturated rings. The standard InChI is InChI=1S/C17H26N2O2/c1-13-3-5-14(6-4-13)16-17(15(20)7-8-18(16)2)19-9-11-21-12-10-19/h3-6,15-17,20H,7-12H2,1-2H3. The average Bonchev–Trinajstić information content (AvgIpc) is 2.51. The number of hydrogen-bond donors (Lipinski definition) is 1. The fourth-order valence-electron chi connectivity index (χ4n) is 3.65. The molecule has 3 rings (SSSR count). The second kappa shape index (κ2) is 6.44. The van der Waals surface area contributed by atoms with Gasteiger partial charge < -0.3 is 9.84 Å². The zero-order valence-corrected chi connectivity index (χ0v) is 13.0. The van der Waals surface area contributed by atoms with Crippen molar-refractivity contribution in [3.63, 3.8) is 0 Å². The molecule has 1 N–H and O–H groups in total. The highest BCUT2D eigenvalue weighted by molar-refractivity contribution is 5.26. The van der Waals surface area contributed by atoms with Gasteiger partial charge in [0.2, 0.25) is 0 Å². The quantitative estimate of drug-likeness (QED) is 0.894. The number of aliphatic hydroxyl groups is 1. The molecule has 3 atom stereocenters. The normalized spacial score (nSPS) is 32.2. The van der Waals surface area contributed by atoms with Crippen LogP contribution >= 0.6 is 0 Å². The number of morpholine rings is 1. The monoisotopic (exact) mass is 290 g/mol. The third-order valence-electron chi connectivity index (χ3n) is 4.86. The molecule has 4 heteroatoms. The highest BCUT2D eigenvalue weighted by atomic mass is 16.5. The van der Waals surface area contributed by atoms with E-state index in [1.54, 1.807) is 0 Å². The molecular formula is C17H26N2O2. The van der Waals surface area contributed by atoms with E-state index in [-0.39, 0.29) is 18.2 Å². The van der Waals surface area contributed by atoms with Crippen LogP contribution in [0.2, 0.25) is 0 Å². The van der Waals surface area contributed by atoms with Crippen LogP contribution in [0.4, 0.5) is 0 Å². The fourth-order valence-corrected chi connectivity index (χ4v) is 3.65. The van der Waals surface area contributed by atoms with E-state index in [1.165, 1.54) is 11.1 Å². The maximum absolute atomic E-state index is 10.6. The van der Waals surface area contributed by atoms with E-state index in [4.69, 9.17) is 4.74 Å². The Kier molecular flexibility index (Phi) is 4.60. The minimum Gasteiger partial charge on any atom is -0.391 e. The van der Waals surface area contributed by atoms with Crippen LogP contribution in [0.15, 0.2) is 24.3 Å². The Morgan fingerprint density at radius 3 is 2.43 bits per heavy atom. The number of benzene rings is 1. The smallest absolute Gasteiger partial charge is 0.0726 e. The molecule has 2 aliphatic heterocycles. The average molecular weight is 290 g/mol. The van der Waals surface area contributed by atoms with E-state index in [9.17, 15) is 5.11 Å². The number of ether oxygens (including phenoxy) is 1. The lowest BCUT2D eigenvalue weighted by molar-refractivity contribution is -0.0747. The van der Waals surface area contributed by atoms with Gasteiger partial charge in [-0.3, -0.25) is 9.80 Å². The summed E-state index contributed by atoms with van der Waals surface area (Å²) in [7, 11) is 2.17. The predicted molar refractivity (Wildman–Crippen MR) is 83.4 cm³/mol. The third-order valence-corrected chi connectivity index (χ3v) is 4.86. The molecule has 0 radical (unpaired) electrons. The summed E-state index contributed by atoms with van der Waals surface area (Å²) < 4.78 is 5.47. The molecule has 0 aromatic heterocycles. The number of rotatable bonds is 2. The topological polar surface area (TPSA) is 35.9 Å². The molecule has 1 aromatic rings. The summed E-state index contributed by atoms with van der Waals surface area (Å²) in [5, 5.41) is 10.6. The molecule has 0 amide bonds. The second-order valence-corrected chi connectivity index (χ2v) is 6.33. The zero-order chi connectivity index (χ0) is 14.8. The van der Waals surface area contributed by atoms with E-state index in [1.807, 2.05) is 0 Å². The molecule has 3 unspecified atom stereocenters. The molecule has 116 valence electrons. The van der Waals surface area contributed by atoms with Crippen LogP contribution in [0.25, 0.3) is 0 Å². The van der Waals surface area contributed by atoms with Gasteiger partial charge in [-0.25, -0.2) is 0 Å². The molecule has 0 spiro atoms. The Hall–Kier alpha value is -0.940. The number of aliphatic hydroxyl groups excluding tert-OH is 1. The van der Waals surface area contributed by atoms with Crippen molar-refractivity contribution in [3.05, 3.63) is 35.4 Å². The number of likely N-dealkylation sites (tertiary alicyclic amines) is 1. The van der Waals surface area contributed by atoms with Crippen molar-refractivity contribution in [2.24, 2.45) is 0 Å². The highest BCUT2D eigenvalue weighted by Crippen LogP contribution is 2.34. The Balaban J connectivity index is 1.89. The van der Waals surface area contributed by atoms with Crippen molar-refractivity contribution >= 4 is 0 Å². The van der Waals surface area contributed by atoms with Gasteiger partial charge >= 0.3 is 0 Å². The van der Waals surface area contributed by atoms with E-state index >= 15 is 0 Å². The Bertz CT molecular complexity index is 456. The fraction of sp³-hybridized carbons (Fsp3) is 0.647. The Morgan fingerprint density at radius 1 is 1.10 bits per heavy atom. The molecule has 0 saturated carbocycles. The van der Waals surface area contributed by atoms with Crippen LogP contribution in [0.3, 0.4) is 0 Å². The summed E-state index contributed by atoms with van der Waals surface area (Å²) in [6.45, 7) is 6.43.